The van der Waals surface area contributed by atoms with Gasteiger partial charge in [0.2, 0.25) is 0 Å². The molecule has 8 heteroatoms. The van der Waals surface area contributed by atoms with Gasteiger partial charge < -0.3 is 58.9 Å². The largest absolute Gasteiger partial charge is 4.00 e. The van der Waals surface area contributed by atoms with Gasteiger partial charge in [-0.2, -0.15) is 0 Å². The van der Waals surface area contributed by atoms with Gasteiger partial charge in [-0.15, -0.1) is 0 Å². The van der Waals surface area contributed by atoms with Gasteiger partial charge in [-0.05, 0) is 6.92 Å². The number of nitrogens with zero attached hydrogens (tertiary/aromatic N) is 2. The summed E-state index contributed by atoms with van der Waals surface area (Å²) in [4.78, 5) is 3.95. The number of halogens is 4. The maximum atomic E-state index is 5.13. The molecule has 0 N–H and O–H groups in total. The summed E-state index contributed by atoms with van der Waals surface area (Å²) in [7, 11) is 1.90. The van der Waals surface area contributed by atoms with Crippen LogP contribution < -0.4 is 54.4 Å². The third kappa shape index (κ3) is 9.44. The van der Waals surface area contributed by atoms with Crippen LogP contribution in [0.25, 0.3) is 0 Å². The number of aryl methyl sites for hydroxylation is 1. The minimum absolute atomic E-state index is 0. The molecule has 1 heterocycles. The van der Waals surface area contributed by atoms with Gasteiger partial charge in [0.05, 0.1) is 6.61 Å². The predicted octanol–water partition coefficient (Wildman–Crippen LogP) is -11.2. The zero-order valence-electron chi connectivity index (χ0n) is 7.68. The van der Waals surface area contributed by atoms with Gasteiger partial charge in [0.25, 0.3) is 6.01 Å². The fourth-order valence-corrected chi connectivity index (χ4v) is 0.620. The number of aromatic nitrogens is 2. The molecule has 0 amide bonds. The molecule has 1 aromatic rings. The van der Waals surface area contributed by atoms with Gasteiger partial charge in [-0.1, -0.05) is 0 Å². The van der Waals surface area contributed by atoms with E-state index in [1.165, 1.54) is 0 Å². The Morgan fingerprint density at radius 3 is 2.07 bits per heavy atom. The summed E-state index contributed by atoms with van der Waals surface area (Å²) in [5, 5.41) is 0. The van der Waals surface area contributed by atoms with E-state index in [0.29, 0.717) is 12.6 Å². The number of rotatable bonds is 2. The Hall–Kier alpha value is 0.884. The Bertz CT molecular complexity index is 200. The van der Waals surface area contributed by atoms with Crippen LogP contribution in [0, 0.1) is 0 Å². The molecule has 0 atom stereocenters. The van der Waals surface area contributed by atoms with E-state index in [2.05, 4.69) is 4.98 Å². The van der Waals surface area contributed by atoms with Crippen molar-refractivity contribution < 1.29 is 76.1 Å². The van der Waals surface area contributed by atoms with Gasteiger partial charge in [0.15, 0.2) is 0 Å². The minimum Gasteiger partial charge on any atom is -1.00 e. The molecule has 0 bridgehead atoms. The summed E-state index contributed by atoms with van der Waals surface area (Å²) in [6, 6.07) is 0.678. The molecule has 0 aliphatic carbocycles. The molecule has 0 saturated carbocycles. The molecule has 0 aromatic carbocycles. The maximum absolute atomic E-state index is 5.13. The number of hydrogen-bond donors (Lipinski definition) is 0. The third-order valence-electron chi connectivity index (χ3n) is 1.05. The van der Waals surface area contributed by atoms with Crippen LogP contribution in [0.5, 0.6) is 6.01 Å². The van der Waals surface area contributed by atoms with Crippen LogP contribution in [0.1, 0.15) is 6.92 Å². The molecule has 0 fully saturated rings. The van der Waals surface area contributed by atoms with Gasteiger partial charge in [0.1, 0.15) is 0 Å². The summed E-state index contributed by atoms with van der Waals surface area (Å²) in [5.74, 6) is 0. The normalized spacial score (nSPS) is 6.14. The van der Waals surface area contributed by atoms with Crippen molar-refractivity contribution in [3.8, 4) is 6.01 Å². The number of imidazole rings is 1. The van der Waals surface area contributed by atoms with E-state index in [1.54, 1.807) is 6.20 Å². The standard InChI is InChI=1S/C6H10N2O.4ClH.Ti/c1-3-9-6-7-4-5-8(6)2;;;;;/h4-5H,3H2,1-2H3;4*1H;/q;;;;;+4/p-4. The zero-order valence-corrected chi connectivity index (χ0v) is 12.3. The second-order valence-electron chi connectivity index (χ2n) is 1.75. The van der Waals surface area contributed by atoms with Gasteiger partial charge in [-0.3, -0.25) is 0 Å². The SMILES string of the molecule is CCOc1nccn1C.[Cl-].[Cl-].[Cl-].[Cl-].[Ti+4]. The summed E-state index contributed by atoms with van der Waals surface area (Å²) in [6.45, 7) is 2.61. The van der Waals surface area contributed by atoms with E-state index in [-0.39, 0.29) is 71.3 Å². The molecular weight excluding hydrogens is 306 g/mol. The van der Waals surface area contributed by atoms with E-state index in [9.17, 15) is 0 Å². The molecule has 0 radical (unpaired) electrons. The summed E-state index contributed by atoms with van der Waals surface area (Å²) in [5.41, 5.74) is 0. The van der Waals surface area contributed by atoms with E-state index in [4.69, 9.17) is 4.74 Å². The van der Waals surface area contributed by atoms with Crippen LogP contribution >= 0.6 is 0 Å². The Morgan fingerprint density at radius 2 is 1.79 bits per heavy atom. The van der Waals surface area contributed by atoms with Crippen LogP contribution in [-0.2, 0) is 28.8 Å². The van der Waals surface area contributed by atoms with Crippen molar-refractivity contribution in [3.63, 3.8) is 0 Å². The average molecular weight is 316 g/mol. The topological polar surface area (TPSA) is 27.1 Å². The van der Waals surface area contributed by atoms with E-state index in [0.717, 1.165) is 0 Å². The number of hydrogen-bond acceptors (Lipinski definition) is 2. The Balaban J connectivity index is -0.0000000540. The van der Waals surface area contributed by atoms with Crippen molar-refractivity contribution in [1.29, 1.82) is 0 Å². The van der Waals surface area contributed by atoms with Gasteiger partial charge >= 0.3 is 21.7 Å². The van der Waals surface area contributed by atoms with Crippen LogP contribution in [-0.4, -0.2) is 16.2 Å². The smallest absolute Gasteiger partial charge is 1.00 e. The third-order valence-corrected chi connectivity index (χ3v) is 1.05. The molecule has 82 valence electrons. The Morgan fingerprint density at radius 1 is 1.29 bits per heavy atom. The van der Waals surface area contributed by atoms with Crippen LogP contribution in [0.2, 0.25) is 0 Å². The van der Waals surface area contributed by atoms with E-state index >= 15 is 0 Å². The first kappa shape index (κ1) is 29.4. The first-order valence-corrected chi connectivity index (χ1v) is 2.94. The van der Waals surface area contributed by atoms with Crippen molar-refractivity contribution in [1.82, 2.24) is 9.55 Å². The molecule has 0 aliphatic rings. The monoisotopic (exact) mass is 314 g/mol. The first-order valence-electron chi connectivity index (χ1n) is 2.94. The van der Waals surface area contributed by atoms with Crippen molar-refractivity contribution >= 4 is 0 Å². The second kappa shape index (κ2) is 16.3. The summed E-state index contributed by atoms with van der Waals surface area (Å²) < 4.78 is 6.97. The van der Waals surface area contributed by atoms with Crippen molar-refractivity contribution in [3.05, 3.63) is 12.4 Å². The molecule has 14 heavy (non-hydrogen) atoms. The summed E-state index contributed by atoms with van der Waals surface area (Å²) >= 11 is 0. The van der Waals surface area contributed by atoms with Crippen molar-refractivity contribution in [2.24, 2.45) is 7.05 Å². The van der Waals surface area contributed by atoms with Crippen LogP contribution in [0.3, 0.4) is 0 Å². The quantitative estimate of drug-likeness (QED) is 0.507. The molecule has 0 unspecified atom stereocenters. The predicted molar refractivity (Wildman–Crippen MR) is 34.4 cm³/mol. The molecular formula is C6H10Cl4N2OTi. The minimum atomic E-state index is 0. The Kier molecular flexibility index (Phi) is 34.2. The van der Waals surface area contributed by atoms with Crippen molar-refractivity contribution in [2.45, 2.75) is 6.92 Å². The average Bonchev–Trinajstić information content (AvgIpc) is 2.18. The van der Waals surface area contributed by atoms with Gasteiger partial charge in [0, 0.05) is 19.4 Å². The van der Waals surface area contributed by atoms with E-state index < -0.39 is 0 Å². The maximum Gasteiger partial charge on any atom is 4.00 e. The molecule has 3 nitrogen and oxygen atoms in total. The molecule has 0 saturated heterocycles. The Labute approximate surface area is 124 Å². The molecule has 0 spiro atoms. The van der Waals surface area contributed by atoms with Crippen molar-refractivity contribution in [2.75, 3.05) is 6.61 Å². The fraction of sp³-hybridized carbons (Fsp3) is 0.500. The zero-order chi connectivity index (χ0) is 6.69. The molecule has 0 aliphatic heterocycles. The van der Waals surface area contributed by atoms with Crippen LogP contribution in [0.4, 0.5) is 0 Å². The fourth-order valence-electron chi connectivity index (χ4n) is 0.620. The summed E-state index contributed by atoms with van der Waals surface area (Å²) in [6.07, 6.45) is 3.57. The van der Waals surface area contributed by atoms with Gasteiger partial charge in [-0.25, -0.2) is 4.98 Å². The molecule has 1 rings (SSSR count). The number of ether oxygens (including phenoxy) is 1. The first-order chi connectivity index (χ1) is 4.34. The van der Waals surface area contributed by atoms with Crippen LogP contribution in [0.15, 0.2) is 12.4 Å². The van der Waals surface area contributed by atoms with E-state index in [1.807, 2.05) is 24.7 Å². The second-order valence-corrected chi connectivity index (χ2v) is 1.75. The molecule has 1 aromatic heterocycles.